The van der Waals surface area contributed by atoms with Gasteiger partial charge in [-0.05, 0) is 40.3 Å². The van der Waals surface area contributed by atoms with Crippen LogP contribution >= 0.6 is 0 Å². The van der Waals surface area contributed by atoms with Gasteiger partial charge in [0, 0.05) is 12.4 Å². The molecule has 0 aliphatic carbocycles. The molecule has 1 heterocycles. The first-order chi connectivity index (χ1) is 17.6. The van der Waals surface area contributed by atoms with E-state index in [-0.39, 0.29) is 13.0 Å². The maximum absolute atomic E-state index is 13.2. The first-order valence-corrected chi connectivity index (χ1v) is 11.8. The molecule has 3 aromatic carbocycles. The topological polar surface area (TPSA) is 104 Å². The van der Waals surface area contributed by atoms with Crippen LogP contribution in [-0.2, 0) is 16.0 Å². The monoisotopic (exact) mass is 483 g/mol. The molecule has 0 unspecified atom stereocenters. The van der Waals surface area contributed by atoms with Crippen molar-refractivity contribution in [3.05, 3.63) is 109 Å². The molecule has 0 spiro atoms. The number of amides is 2. The zero-order valence-electron chi connectivity index (χ0n) is 19.7. The first kappa shape index (κ1) is 24.9. The molecule has 0 aliphatic rings. The first-order valence-electron chi connectivity index (χ1n) is 11.8. The summed E-state index contributed by atoms with van der Waals surface area (Å²) < 4.78 is 1.65. The van der Waals surface area contributed by atoms with E-state index < -0.39 is 23.9 Å². The zero-order valence-corrected chi connectivity index (χ0v) is 19.7. The summed E-state index contributed by atoms with van der Waals surface area (Å²) in [6.45, 7) is -0.246. The van der Waals surface area contributed by atoms with Gasteiger partial charge < -0.3 is 15.0 Å². The van der Waals surface area contributed by atoms with E-state index in [2.05, 4.69) is 17.4 Å². The average Bonchev–Trinajstić information content (AvgIpc) is 3.42. The Kier molecular flexibility index (Phi) is 8.28. The fourth-order valence-corrected chi connectivity index (χ4v) is 4.18. The van der Waals surface area contributed by atoms with Gasteiger partial charge in [-0.25, -0.2) is 5.48 Å². The lowest BCUT2D eigenvalue weighted by molar-refractivity contribution is -0.134. The van der Waals surface area contributed by atoms with Crippen LogP contribution in [-0.4, -0.2) is 39.3 Å². The van der Waals surface area contributed by atoms with Crippen molar-refractivity contribution < 1.29 is 19.9 Å². The normalized spacial score (nSPS) is 12.5. The molecule has 4 rings (SSSR count). The Labute approximate surface area is 210 Å². The van der Waals surface area contributed by atoms with Crippen molar-refractivity contribution in [2.24, 2.45) is 0 Å². The predicted molar refractivity (Wildman–Crippen MR) is 138 cm³/mol. The van der Waals surface area contributed by atoms with Gasteiger partial charge in [0.15, 0.2) is 0 Å². The number of rotatable bonds is 10. The van der Waals surface area contributed by atoms with E-state index in [4.69, 9.17) is 5.21 Å². The molecule has 4 N–H and O–H groups in total. The molecule has 7 nitrogen and oxygen atoms in total. The SMILES string of the molecule is O=C(C[C@H](C(=O)N[C@H](CO)Cc1ccccc1)n1ccc(-c2ccc(-c3ccccc3)cc2)c1)NO. The quantitative estimate of drug-likeness (QED) is 0.202. The molecule has 0 radical (unpaired) electrons. The van der Waals surface area contributed by atoms with Gasteiger partial charge >= 0.3 is 0 Å². The minimum Gasteiger partial charge on any atom is -0.394 e. The molecule has 0 saturated heterocycles. The Hall–Kier alpha value is -4.20. The molecule has 0 aliphatic heterocycles. The molecule has 4 aromatic rings. The summed E-state index contributed by atoms with van der Waals surface area (Å²) in [5, 5.41) is 21.7. The lowest BCUT2D eigenvalue weighted by Crippen LogP contribution is -2.43. The summed E-state index contributed by atoms with van der Waals surface area (Å²) in [5.74, 6) is -1.10. The van der Waals surface area contributed by atoms with Crippen molar-refractivity contribution in [2.75, 3.05) is 6.61 Å². The van der Waals surface area contributed by atoms with Crippen molar-refractivity contribution in [2.45, 2.75) is 24.9 Å². The van der Waals surface area contributed by atoms with Crippen LogP contribution in [0.5, 0.6) is 0 Å². The molecular weight excluding hydrogens is 454 g/mol. The van der Waals surface area contributed by atoms with Crippen LogP contribution < -0.4 is 10.8 Å². The highest BCUT2D eigenvalue weighted by atomic mass is 16.5. The Morgan fingerprint density at radius 1 is 0.778 bits per heavy atom. The van der Waals surface area contributed by atoms with Crippen LogP contribution in [0, 0.1) is 0 Å². The number of benzene rings is 3. The minimum absolute atomic E-state index is 0.246. The smallest absolute Gasteiger partial charge is 0.245 e. The summed E-state index contributed by atoms with van der Waals surface area (Å²) >= 11 is 0. The highest BCUT2D eigenvalue weighted by Gasteiger charge is 2.26. The van der Waals surface area contributed by atoms with Gasteiger partial charge in [0.2, 0.25) is 11.8 Å². The lowest BCUT2D eigenvalue weighted by Gasteiger charge is -2.22. The fraction of sp³-hybridized carbons (Fsp3) is 0.172. The van der Waals surface area contributed by atoms with Crippen LogP contribution in [0.4, 0.5) is 0 Å². The molecule has 36 heavy (non-hydrogen) atoms. The Bertz CT molecular complexity index is 1270. The number of hydrogen-bond donors (Lipinski definition) is 4. The van der Waals surface area contributed by atoms with E-state index in [0.29, 0.717) is 6.42 Å². The van der Waals surface area contributed by atoms with Crippen molar-refractivity contribution in [3.63, 3.8) is 0 Å². The van der Waals surface area contributed by atoms with Crippen molar-refractivity contribution in [1.29, 1.82) is 0 Å². The van der Waals surface area contributed by atoms with E-state index in [9.17, 15) is 14.7 Å². The number of aromatic nitrogens is 1. The summed E-state index contributed by atoms with van der Waals surface area (Å²) in [7, 11) is 0. The second-order valence-corrected chi connectivity index (χ2v) is 8.62. The van der Waals surface area contributed by atoms with Crippen LogP contribution in [0.15, 0.2) is 103 Å². The number of hydroxylamine groups is 1. The summed E-state index contributed by atoms with van der Waals surface area (Å²) in [5.41, 5.74) is 6.67. The van der Waals surface area contributed by atoms with Gasteiger partial charge in [0.25, 0.3) is 0 Å². The van der Waals surface area contributed by atoms with Crippen LogP contribution in [0.1, 0.15) is 18.0 Å². The second-order valence-electron chi connectivity index (χ2n) is 8.62. The molecular formula is C29H29N3O4. The Morgan fingerprint density at radius 2 is 1.36 bits per heavy atom. The number of aliphatic hydroxyl groups is 1. The number of carbonyl (C=O) groups excluding carboxylic acids is 2. The lowest BCUT2D eigenvalue weighted by atomic mass is 10.0. The number of nitrogens with zero attached hydrogens (tertiary/aromatic N) is 1. The number of nitrogens with one attached hydrogen (secondary N) is 2. The average molecular weight is 484 g/mol. The third-order valence-electron chi connectivity index (χ3n) is 6.10. The van der Waals surface area contributed by atoms with Gasteiger partial charge in [-0.1, -0.05) is 84.9 Å². The van der Waals surface area contributed by atoms with Crippen molar-refractivity contribution in [3.8, 4) is 22.3 Å². The van der Waals surface area contributed by atoms with Gasteiger partial charge in [-0.3, -0.25) is 14.8 Å². The van der Waals surface area contributed by atoms with Crippen LogP contribution in [0.3, 0.4) is 0 Å². The third-order valence-corrected chi connectivity index (χ3v) is 6.10. The molecule has 184 valence electrons. The molecule has 7 heteroatoms. The van der Waals surface area contributed by atoms with E-state index >= 15 is 0 Å². The molecule has 2 amide bonds. The molecule has 1 aromatic heterocycles. The van der Waals surface area contributed by atoms with E-state index in [0.717, 1.165) is 27.8 Å². The van der Waals surface area contributed by atoms with Crippen LogP contribution in [0.2, 0.25) is 0 Å². The summed E-state index contributed by atoms with van der Waals surface area (Å²) in [6, 6.07) is 28.2. The van der Waals surface area contributed by atoms with Gasteiger partial charge in [-0.2, -0.15) is 0 Å². The number of carbonyl (C=O) groups is 2. The van der Waals surface area contributed by atoms with Crippen molar-refractivity contribution in [1.82, 2.24) is 15.4 Å². The largest absolute Gasteiger partial charge is 0.394 e. The standard InChI is InChI=1S/C29H29N3O4/c33-20-26(17-21-7-3-1-4-8-21)30-29(35)27(18-28(34)31-36)32-16-15-25(19-32)24-13-11-23(12-14-24)22-9-5-2-6-10-22/h1-16,19,26-27,33,36H,17-18,20H2,(H,30,35)(H,31,34)/t26-,27+/m0/s1. The number of aliphatic hydroxyl groups excluding tert-OH is 1. The van der Waals surface area contributed by atoms with Crippen molar-refractivity contribution >= 4 is 11.8 Å². The third kappa shape index (κ3) is 6.27. The van der Waals surface area contributed by atoms with Gasteiger partial charge in [0.1, 0.15) is 6.04 Å². The highest BCUT2D eigenvalue weighted by Crippen LogP contribution is 2.26. The Balaban J connectivity index is 1.52. The van der Waals surface area contributed by atoms with E-state index in [1.165, 1.54) is 0 Å². The van der Waals surface area contributed by atoms with Gasteiger partial charge in [0.05, 0.1) is 19.1 Å². The summed E-state index contributed by atoms with van der Waals surface area (Å²) in [4.78, 5) is 25.2. The predicted octanol–water partition coefficient (Wildman–Crippen LogP) is 3.98. The van der Waals surface area contributed by atoms with Crippen LogP contribution in [0.25, 0.3) is 22.3 Å². The maximum Gasteiger partial charge on any atom is 0.245 e. The minimum atomic E-state index is -0.903. The highest BCUT2D eigenvalue weighted by molar-refractivity contribution is 5.87. The summed E-state index contributed by atoms with van der Waals surface area (Å²) in [6.07, 6.45) is 3.73. The second kappa shape index (κ2) is 12.0. The van der Waals surface area contributed by atoms with E-state index in [1.54, 1.807) is 22.4 Å². The number of hydrogen-bond acceptors (Lipinski definition) is 4. The molecule has 0 fully saturated rings. The Morgan fingerprint density at radius 3 is 1.97 bits per heavy atom. The molecule has 0 bridgehead atoms. The van der Waals surface area contributed by atoms with E-state index in [1.807, 2.05) is 78.9 Å². The zero-order chi connectivity index (χ0) is 25.3. The fourth-order valence-electron chi connectivity index (χ4n) is 4.18. The van der Waals surface area contributed by atoms with Gasteiger partial charge in [-0.15, -0.1) is 0 Å². The molecule has 0 saturated carbocycles. The maximum atomic E-state index is 13.2. The molecule has 2 atom stereocenters.